The molecule has 4 rings (SSSR count). The van der Waals surface area contributed by atoms with Crippen LogP contribution in [0.15, 0.2) is 55.1 Å². The van der Waals surface area contributed by atoms with E-state index in [2.05, 4.69) is 4.98 Å². The van der Waals surface area contributed by atoms with Crippen molar-refractivity contribution in [1.29, 1.82) is 0 Å². The largest absolute Gasteiger partial charge is 0.496 e. The molecule has 0 saturated carbocycles. The summed E-state index contributed by atoms with van der Waals surface area (Å²) in [6.07, 6.45) is 6.11. The number of rotatable bonds is 6. The monoisotopic (exact) mass is 427 g/mol. The zero-order valence-corrected chi connectivity index (χ0v) is 17.5. The predicted octanol–water partition coefficient (Wildman–Crippen LogP) is 5.00. The lowest BCUT2D eigenvalue weighted by molar-refractivity contribution is 0.416. The maximum absolute atomic E-state index is 6.29. The maximum Gasteiger partial charge on any atom is 0.167 e. The van der Waals surface area contributed by atoms with E-state index in [0.717, 1.165) is 17.8 Å². The van der Waals surface area contributed by atoms with Crippen LogP contribution in [0.2, 0.25) is 10.0 Å². The van der Waals surface area contributed by atoms with Crippen molar-refractivity contribution < 1.29 is 4.74 Å². The van der Waals surface area contributed by atoms with Gasteiger partial charge in [0.25, 0.3) is 0 Å². The van der Waals surface area contributed by atoms with Gasteiger partial charge >= 0.3 is 0 Å². The Kier molecular flexibility index (Phi) is 5.56. The highest BCUT2D eigenvalue weighted by Crippen LogP contribution is 2.37. The minimum atomic E-state index is 0.425. The zero-order valence-electron chi connectivity index (χ0n) is 16.0. The number of hydrogen-bond donors (Lipinski definition) is 0. The molecule has 0 fully saturated rings. The van der Waals surface area contributed by atoms with Gasteiger partial charge in [-0.15, -0.1) is 0 Å². The molecule has 0 saturated heterocycles. The van der Waals surface area contributed by atoms with Crippen molar-refractivity contribution in [3.63, 3.8) is 0 Å². The summed E-state index contributed by atoms with van der Waals surface area (Å²) in [6.45, 7) is 2.78. The Morgan fingerprint density at radius 1 is 1.07 bits per heavy atom. The van der Waals surface area contributed by atoms with Crippen molar-refractivity contribution in [2.75, 3.05) is 7.11 Å². The summed E-state index contributed by atoms with van der Waals surface area (Å²) >= 11 is 12.5. The third-order valence-electron chi connectivity index (χ3n) is 4.57. The van der Waals surface area contributed by atoms with Gasteiger partial charge in [0, 0.05) is 31.4 Å². The number of nitrogens with zero attached hydrogens (tertiary/aromatic N) is 5. The van der Waals surface area contributed by atoms with E-state index in [1.807, 2.05) is 46.6 Å². The molecule has 0 radical (unpaired) electrons. The first-order valence-corrected chi connectivity index (χ1v) is 9.83. The molecule has 148 valence electrons. The van der Waals surface area contributed by atoms with Crippen LogP contribution >= 0.6 is 23.2 Å². The van der Waals surface area contributed by atoms with Crippen molar-refractivity contribution in [3.8, 4) is 22.8 Å². The average Bonchev–Trinajstić information content (AvgIpc) is 3.38. The highest BCUT2D eigenvalue weighted by atomic mass is 35.5. The fraction of sp³-hybridized carbons (Fsp3) is 0.190. The third kappa shape index (κ3) is 4.13. The van der Waals surface area contributed by atoms with Gasteiger partial charge in [-0.3, -0.25) is 0 Å². The van der Waals surface area contributed by atoms with Crippen molar-refractivity contribution >= 4 is 23.2 Å². The molecule has 0 bridgehead atoms. The number of ether oxygens (including phenoxy) is 1. The first-order valence-electron chi connectivity index (χ1n) is 9.07. The van der Waals surface area contributed by atoms with E-state index >= 15 is 0 Å². The highest BCUT2D eigenvalue weighted by Gasteiger charge is 2.19. The van der Waals surface area contributed by atoms with Gasteiger partial charge in [0.2, 0.25) is 0 Å². The molecule has 4 aromatic rings. The van der Waals surface area contributed by atoms with Gasteiger partial charge in [-0.2, -0.15) is 5.10 Å². The van der Waals surface area contributed by atoms with E-state index in [-0.39, 0.29) is 0 Å². The Morgan fingerprint density at radius 3 is 2.52 bits per heavy atom. The lowest BCUT2D eigenvalue weighted by atomic mass is 10.1. The van der Waals surface area contributed by atoms with Gasteiger partial charge in [0.15, 0.2) is 11.6 Å². The molecule has 2 heterocycles. The lowest BCUT2D eigenvalue weighted by Gasteiger charge is -2.11. The van der Waals surface area contributed by atoms with E-state index < -0.39 is 0 Å². The summed E-state index contributed by atoms with van der Waals surface area (Å²) in [5, 5.41) is 5.61. The fourth-order valence-corrected chi connectivity index (χ4v) is 3.34. The SMILES string of the molecule is COc1cc(Cl)c(Cl)cc1-c1nc(CCn2ccnc2)nn1-c1ccc(C)cc1. The summed E-state index contributed by atoms with van der Waals surface area (Å²) in [5.41, 5.74) is 2.80. The minimum absolute atomic E-state index is 0.425. The zero-order chi connectivity index (χ0) is 20.4. The van der Waals surface area contributed by atoms with Crippen LogP contribution in [0, 0.1) is 6.92 Å². The Bertz CT molecular complexity index is 1120. The molecular formula is C21H19Cl2N5O. The van der Waals surface area contributed by atoms with Gasteiger partial charge in [0.1, 0.15) is 5.75 Å². The topological polar surface area (TPSA) is 57.8 Å². The first-order chi connectivity index (χ1) is 14.0. The van der Waals surface area contributed by atoms with Gasteiger partial charge in [0.05, 0.1) is 34.7 Å². The predicted molar refractivity (Wildman–Crippen MR) is 114 cm³/mol. The van der Waals surface area contributed by atoms with E-state index in [9.17, 15) is 0 Å². The quantitative estimate of drug-likeness (QED) is 0.434. The fourth-order valence-electron chi connectivity index (χ4n) is 3.02. The van der Waals surface area contributed by atoms with Crippen LogP contribution in [0.1, 0.15) is 11.4 Å². The Balaban J connectivity index is 1.80. The second kappa shape index (κ2) is 8.27. The number of halogens is 2. The number of methoxy groups -OCH3 is 1. The molecule has 8 heteroatoms. The second-order valence-corrected chi connectivity index (χ2v) is 7.43. The van der Waals surface area contributed by atoms with Crippen molar-refractivity contribution in [2.45, 2.75) is 19.9 Å². The Morgan fingerprint density at radius 2 is 1.83 bits per heavy atom. The van der Waals surface area contributed by atoms with E-state index in [4.69, 9.17) is 38.0 Å². The van der Waals surface area contributed by atoms with E-state index in [0.29, 0.717) is 33.9 Å². The first kappa shape index (κ1) is 19.5. The van der Waals surface area contributed by atoms with Crippen LogP contribution in [0.25, 0.3) is 17.1 Å². The summed E-state index contributed by atoms with van der Waals surface area (Å²) in [7, 11) is 1.59. The summed E-state index contributed by atoms with van der Waals surface area (Å²) in [5.74, 6) is 1.94. The molecule has 0 N–H and O–H groups in total. The van der Waals surface area contributed by atoms with Gasteiger partial charge in [-0.25, -0.2) is 14.6 Å². The summed E-state index contributed by atoms with van der Waals surface area (Å²) in [4.78, 5) is 8.87. The van der Waals surface area contributed by atoms with Crippen LogP contribution in [0.5, 0.6) is 5.75 Å². The van der Waals surface area contributed by atoms with Crippen LogP contribution in [0.4, 0.5) is 0 Å². The molecule has 0 aliphatic carbocycles. The number of hydrogen-bond acceptors (Lipinski definition) is 4. The van der Waals surface area contributed by atoms with Gasteiger partial charge < -0.3 is 9.30 Å². The number of aryl methyl sites for hydroxylation is 3. The normalized spacial score (nSPS) is 11.0. The van der Waals surface area contributed by atoms with E-state index in [1.165, 1.54) is 5.56 Å². The molecule has 0 aliphatic rings. The summed E-state index contributed by atoms with van der Waals surface area (Å²) in [6, 6.07) is 11.6. The second-order valence-electron chi connectivity index (χ2n) is 6.62. The number of aromatic nitrogens is 5. The van der Waals surface area contributed by atoms with Crippen LogP contribution in [-0.2, 0) is 13.0 Å². The standard InChI is InChI=1S/C21H19Cl2N5O/c1-14-3-5-15(6-4-14)28-21(16-11-17(22)18(23)12-19(16)29-2)25-20(26-28)7-9-27-10-8-24-13-27/h3-6,8,10-13H,7,9H2,1-2H3. The highest BCUT2D eigenvalue weighted by molar-refractivity contribution is 6.42. The molecular weight excluding hydrogens is 409 g/mol. The maximum atomic E-state index is 6.29. The molecule has 2 aromatic heterocycles. The van der Waals surface area contributed by atoms with E-state index in [1.54, 1.807) is 31.8 Å². The van der Waals surface area contributed by atoms with Gasteiger partial charge in [-0.05, 0) is 25.1 Å². The molecule has 6 nitrogen and oxygen atoms in total. The van der Waals surface area contributed by atoms with Crippen molar-refractivity contribution in [2.24, 2.45) is 0 Å². The van der Waals surface area contributed by atoms with Crippen LogP contribution in [-0.4, -0.2) is 31.4 Å². The van der Waals surface area contributed by atoms with Crippen molar-refractivity contribution in [1.82, 2.24) is 24.3 Å². The molecule has 0 aliphatic heterocycles. The number of benzene rings is 2. The molecule has 0 unspecified atom stereocenters. The molecule has 0 atom stereocenters. The third-order valence-corrected chi connectivity index (χ3v) is 5.29. The smallest absolute Gasteiger partial charge is 0.167 e. The molecule has 2 aromatic carbocycles. The lowest BCUT2D eigenvalue weighted by Crippen LogP contribution is -2.02. The molecule has 29 heavy (non-hydrogen) atoms. The molecule has 0 spiro atoms. The molecule has 0 amide bonds. The number of imidazole rings is 1. The van der Waals surface area contributed by atoms with Crippen molar-refractivity contribution in [3.05, 3.63) is 76.6 Å². The van der Waals surface area contributed by atoms with Crippen LogP contribution in [0.3, 0.4) is 0 Å². The van der Waals surface area contributed by atoms with Crippen LogP contribution < -0.4 is 4.74 Å². The Hall–Kier alpha value is -2.83. The van der Waals surface area contributed by atoms with Gasteiger partial charge in [-0.1, -0.05) is 40.9 Å². The minimum Gasteiger partial charge on any atom is -0.496 e. The Labute approximate surface area is 178 Å². The average molecular weight is 428 g/mol. The summed E-state index contributed by atoms with van der Waals surface area (Å²) < 4.78 is 9.34.